The maximum Gasteiger partial charge on any atom is 0.248 e. The van der Waals surface area contributed by atoms with Gasteiger partial charge in [-0.1, -0.05) is 27.7 Å². The van der Waals surface area contributed by atoms with E-state index in [1.165, 1.54) is 11.1 Å². The summed E-state index contributed by atoms with van der Waals surface area (Å²) in [7, 11) is 0. The number of rotatable bonds is 3. The van der Waals surface area contributed by atoms with E-state index in [1.54, 1.807) is 6.07 Å². The molecule has 2 nitrogen and oxygen atoms in total. The van der Waals surface area contributed by atoms with E-state index < -0.39 is 0 Å². The van der Waals surface area contributed by atoms with Crippen molar-refractivity contribution in [1.29, 1.82) is 0 Å². The molecule has 1 aromatic rings. The second-order valence-electron chi connectivity index (χ2n) is 4.33. The Bertz CT molecular complexity index is 363. The minimum atomic E-state index is -0.00231. The number of aromatic amines is 1. The van der Waals surface area contributed by atoms with Crippen molar-refractivity contribution in [3.63, 3.8) is 0 Å². The average molecular weight is 193 g/mol. The molecule has 0 fully saturated rings. The normalized spacial score (nSPS) is 11.7. The maximum atomic E-state index is 11.2. The molecule has 0 aliphatic rings. The molecule has 0 radical (unpaired) electrons. The predicted molar refractivity (Wildman–Crippen MR) is 59.8 cm³/mol. The van der Waals surface area contributed by atoms with Crippen molar-refractivity contribution >= 4 is 0 Å². The van der Waals surface area contributed by atoms with E-state index in [0.29, 0.717) is 0 Å². The molecule has 0 amide bonds. The molecule has 0 unspecified atom stereocenters. The molecule has 1 N–H and O–H groups in total. The third kappa shape index (κ3) is 2.06. The minimum absolute atomic E-state index is 0.00231. The lowest BCUT2D eigenvalue weighted by Gasteiger charge is -2.25. The van der Waals surface area contributed by atoms with E-state index in [-0.39, 0.29) is 11.0 Å². The molecule has 2 heteroatoms. The number of pyridine rings is 1. The lowest BCUT2D eigenvalue weighted by molar-refractivity contribution is 0.499. The van der Waals surface area contributed by atoms with Gasteiger partial charge in [0.05, 0.1) is 0 Å². The van der Waals surface area contributed by atoms with E-state index in [0.717, 1.165) is 12.8 Å². The first-order valence-corrected chi connectivity index (χ1v) is 5.23. The number of hydrogen-bond acceptors (Lipinski definition) is 1. The molecular weight excluding hydrogens is 174 g/mol. The highest BCUT2D eigenvalue weighted by atomic mass is 16.1. The topological polar surface area (TPSA) is 32.9 Å². The molecule has 0 bridgehead atoms. The fourth-order valence-electron chi connectivity index (χ4n) is 1.63. The highest BCUT2D eigenvalue weighted by Gasteiger charge is 2.20. The summed E-state index contributed by atoms with van der Waals surface area (Å²) in [6.07, 6.45) is 3.86. The fraction of sp³-hybridized carbons (Fsp3) is 0.583. The molecule has 0 aliphatic heterocycles. The summed E-state index contributed by atoms with van der Waals surface area (Å²) in [4.78, 5) is 13.9. The molecule has 1 aromatic heterocycles. The third-order valence-electron chi connectivity index (χ3n) is 3.00. The third-order valence-corrected chi connectivity index (χ3v) is 3.00. The van der Waals surface area contributed by atoms with E-state index in [9.17, 15) is 4.79 Å². The second-order valence-corrected chi connectivity index (χ2v) is 4.33. The van der Waals surface area contributed by atoms with Crippen molar-refractivity contribution in [2.45, 2.75) is 46.0 Å². The van der Waals surface area contributed by atoms with E-state index in [1.807, 2.05) is 6.20 Å². The van der Waals surface area contributed by atoms with Crippen LogP contribution in [0.4, 0.5) is 0 Å². The zero-order valence-corrected chi connectivity index (χ0v) is 9.48. The van der Waals surface area contributed by atoms with Crippen LogP contribution in [0.25, 0.3) is 0 Å². The molecule has 0 aromatic carbocycles. The van der Waals surface area contributed by atoms with E-state index in [4.69, 9.17) is 0 Å². The van der Waals surface area contributed by atoms with Gasteiger partial charge in [-0.3, -0.25) is 4.79 Å². The minimum Gasteiger partial charge on any atom is -0.329 e. The summed E-state index contributed by atoms with van der Waals surface area (Å²) < 4.78 is 0. The summed E-state index contributed by atoms with van der Waals surface area (Å²) in [6, 6.07) is 1.72. The van der Waals surface area contributed by atoms with Crippen LogP contribution in [-0.4, -0.2) is 4.98 Å². The Morgan fingerprint density at radius 1 is 1.36 bits per heavy atom. The predicted octanol–water partition coefficient (Wildman–Crippen LogP) is 2.62. The standard InChI is InChI=1S/C12H19NO/c1-5-9-7-11(14)13-8-10(9)12(3,4)6-2/h7-8H,5-6H2,1-4H3,(H,13,14). The second kappa shape index (κ2) is 3.99. The molecular formula is C12H19NO. The van der Waals surface area contributed by atoms with Gasteiger partial charge >= 0.3 is 0 Å². The van der Waals surface area contributed by atoms with Gasteiger partial charge in [0, 0.05) is 12.3 Å². The Labute approximate surface area is 85.4 Å². The first kappa shape index (κ1) is 11.0. The Morgan fingerprint density at radius 2 is 2.00 bits per heavy atom. The van der Waals surface area contributed by atoms with Crippen molar-refractivity contribution in [3.8, 4) is 0 Å². The quantitative estimate of drug-likeness (QED) is 0.786. The molecule has 1 heterocycles. The molecule has 0 spiro atoms. The fourth-order valence-corrected chi connectivity index (χ4v) is 1.63. The zero-order chi connectivity index (χ0) is 10.8. The molecule has 14 heavy (non-hydrogen) atoms. The summed E-state index contributed by atoms with van der Waals surface area (Å²) in [5, 5.41) is 0. The van der Waals surface area contributed by atoms with Crippen molar-refractivity contribution in [3.05, 3.63) is 33.7 Å². The molecule has 0 saturated carbocycles. The van der Waals surface area contributed by atoms with Gasteiger partial charge in [0.25, 0.3) is 0 Å². The lowest BCUT2D eigenvalue weighted by Crippen LogP contribution is -2.21. The van der Waals surface area contributed by atoms with Crippen LogP contribution in [0.15, 0.2) is 17.1 Å². The van der Waals surface area contributed by atoms with Crippen LogP contribution in [0.1, 0.15) is 45.2 Å². The van der Waals surface area contributed by atoms with Gasteiger partial charge in [0.2, 0.25) is 5.56 Å². The van der Waals surface area contributed by atoms with Gasteiger partial charge in [-0.2, -0.15) is 0 Å². The van der Waals surface area contributed by atoms with Crippen LogP contribution in [0.5, 0.6) is 0 Å². The number of H-pyrrole nitrogens is 1. The van der Waals surface area contributed by atoms with Crippen LogP contribution in [-0.2, 0) is 11.8 Å². The van der Waals surface area contributed by atoms with Crippen molar-refractivity contribution < 1.29 is 0 Å². The smallest absolute Gasteiger partial charge is 0.248 e. The summed E-state index contributed by atoms with van der Waals surface area (Å²) in [5.74, 6) is 0. The largest absolute Gasteiger partial charge is 0.329 e. The summed E-state index contributed by atoms with van der Waals surface area (Å²) >= 11 is 0. The van der Waals surface area contributed by atoms with Gasteiger partial charge < -0.3 is 4.98 Å². The number of aryl methyl sites for hydroxylation is 1. The van der Waals surface area contributed by atoms with Crippen LogP contribution in [0, 0.1) is 0 Å². The Hall–Kier alpha value is -1.05. The van der Waals surface area contributed by atoms with Gasteiger partial charge in [0.1, 0.15) is 0 Å². The van der Waals surface area contributed by atoms with Crippen molar-refractivity contribution in [2.24, 2.45) is 0 Å². The highest BCUT2D eigenvalue weighted by Crippen LogP contribution is 2.28. The van der Waals surface area contributed by atoms with Crippen LogP contribution >= 0.6 is 0 Å². The van der Waals surface area contributed by atoms with Gasteiger partial charge in [-0.15, -0.1) is 0 Å². The van der Waals surface area contributed by atoms with E-state index >= 15 is 0 Å². The molecule has 0 atom stereocenters. The average Bonchev–Trinajstić information content (AvgIpc) is 2.17. The highest BCUT2D eigenvalue weighted by molar-refractivity contribution is 5.30. The van der Waals surface area contributed by atoms with Gasteiger partial charge in [0.15, 0.2) is 0 Å². The van der Waals surface area contributed by atoms with Gasteiger partial charge in [-0.05, 0) is 29.4 Å². The molecule has 0 aliphatic carbocycles. The zero-order valence-electron chi connectivity index (χ0n) is 9.48. The summed E-state index contributed by atoms with van der Waals surface area (Å²) in [5.41, 5.74) is 2.58. The number of nitrogens with one attached hydrogen (secondary N) is 1. The SMILES string of the molecule is CCc1cc(=O)[nH]cc1C(C)(C)CC. The summed E-state index contributed by atoms with van der Waals surface area (Å²) in [6.45, 7) is 8.67. The van der Waals surface area contributed by atoms with Crippen LogP contribution in [0.3, 0.4) is 0 Å². The maximum absolute atomic E-state index is 11.2. The monoisotopic (exact) mass is 193 g/mol. The van der Waals surface area contributed by atoms with Crippen molar-refractivity contribution in [2.75, 3.05) is 0 Å². The Morgan fingerprint density at radius 3 is 2.50 bits per heavy atom. The van der Waals surface area contributed by atoms with Gasteiger partial charge in [-0.25, -0.2) is 0 Å². The lowest BCUT2D eigenvalue weighted by atomic mass is 9.80. The number of hydrogen-bond donors (Lipinski definition) is 1. The number of aromatic nitrogens is 1. The first-order chi connectivity index (χ1) is 6.51. The van der Waals surface area contributed by atoms with E-state index in [2.05, 4.69) is 32.7 Å². The van der Waals surface area contributed by atoms with Crippen LogP contribution in [0.2, 0.25) is 0 Å². The Kier molecular flexibility index (Phi) is 3.14. The Balaban J connectivity index is 3.27. The molecule has 0 saturated heterocycles. The first-order valence-electron chi connectivity index (χ1n) is 5.23. The molecule has 1 rings (SSSR count). The van der Waals surface area contributed by atoms with Crippen LogP contribution < -0.4 is 5.56 Å². The van der Waals surface area contributed by atoms with Crippen molar-refractivity contribution in [1.82, 2.24) is 4.98 Å². The molecule has 78 valence electrons.